The lowest BCUT2D eigenvalue weighted by Gasteiger charge is -2.20. The minimum Gasteiger partial charge on any atom is -0.391 e. The van der Waals surface area contributed by atoms with Crippen molar-refractivity contribution in [2.45, 2.75) is 38.8 Å². The molecule has 0 radical (unpaired) electrons. The van der Waals surface area contributed by atoms with Crippen LogP contribution in [0.2, 0.25) is 19.1 Å². The van der Waals surface area contributed by atoms with Crippen molar-refractivity contribution in [3.63, 3.8) is 0 Å². The van der Waals surface area contributed by atoms with Crippen LogP contribution in [0.5, 0.6) is 0 Å². The molecule has 1 unspecified atom stereocenters. The maximum atomic E-state index is 5.71. The Morgan fingerprint density at radius 2 is 2.20 bits per heavy atom. The lowest BCUT2D eigenvalue weighted by Crippen LogP contribution is -2.31. The highest BCUT2D eigenvalue weighted by atomic mass is 28.4. The van der Waals surface area contributed by atoms with Gasteiger partial charge >= 0.3 is 0 Å². The van der Waals surface area contributed by atoms with Gasteiger partial charge in [-0.1, -0.05) is 13.3 Å². The molecule has 0 saturated carbocycles. The standard InChI is InChI=1S/C7H16O2Si/c1-4-5-10(2,3)9-7-6-8-7/h7H,4-6H2,1-3H3. The summed E-state index contributed by atoms with van der Waals surface area (Å²) in [5.74, 6) is 0. The van der Waals surface area contributed by atoms with Crippen molar-refractivity contribution in [1.29, 1.82) is 0 Å². The zero-order valence-corrected chi connectivity index (χ0v) is 8.02. The summed E-state index contributed by atoms with van der Waals surface area (Å²) in [6.45, 7) is 7.52. The molecule has 1 atom stereocenters. The fourth-order valence-corrected chi connectivity index (χ4v) is 3.29. The Bertz CT molecular complexity index is 110. The van der Waals surface area contributed by atoms with Gasteiger partial charge in [-0.3, -0.25) is 0 Å². The molecule has 0 N–H and O–H groups in total. The molecule has 0 bridgehead atoms. The van der Waals surface area contributed by atoms with E-state index in [-0.39, 0.29) is 6.29 Å². The number of ether oxygens (including phenoxy) is 1. The molecule has 0 aromatic rings. The molecule has 60 valence electrons. The maximum Gasteiger partial charge on any atom is 0.190 e. The first kappa shape index (κ1) is 8.24. The van der Waals surface area contributed by atoms with E-state index in [1.807, 2.05) is 0 Å². The first-order chi connectivity index (χ1) is 4.64. The van der Waals surface area contributed by atoms with E-state index in [1.165, 1.54) is 12.5 Å². The second-order valence-electron chi connectivity index (χ2n) is 3.39. The monoisotopic (exact) mass is 160 g/mol. The fraction of sp³-hybridized carbons (Fsp3) is 1.00. The number of hydrogen-bond donors (Lipinski definition) is 0. The van der Waals surface area contributed by atoms with Gasteiger partial charge in [0.1, 0.15) is 0 Å². The van der Waals surface area contributed by atoms with E-state index in [0.29, 0.717) is 0 Å². The summed E-state index contributed by atoms with van der Waals surface area (Å²) in [5, 5.41) is 0. The van der Waals surface area contributed by atoms with Crippen LogP contribution in [0.25, 0.3) is 0 Å². The van der Waals surface area contributed by atoms with Crippen molar-refractivity contribution in [2.75, 3.05) is 6.61 Å². The van der Waals surface area contributed by atoms with E-state index < -0.39 is 8.32 Å². The quantitative estimate of drug-likeness (QED) is 0.463. The van der Waals surface area contributed by atoms with Crippen LogP contribution < -0.4 is 0 Å². The molecule has 1 aliphatic rings. The maximum absolute atomic E-state index is 5.71. The van der Waals surface area contributed by atoms with Crippen molar-refractivity contribution in [2.24, 2.45) is 0 Å². The van der Waals surface area contributed by atoms with Gasteiger partial charge in [0, 0.05) is 0 Å². The second kappa shape index (κ2) is 3.03. The predicted octanol–water partition coefficient (Wildman–Crippen LogP) is 1.97. The first-order valence-corrected chi connectivity index (χ1v) is 7.05. The Morgan fingerprint density at radius 1 is 1.60 bits per heavy atom. The van der Waals surface area contributed by atoms with E-state index in [9.17, 15) is 0 Å². The molecular formula is C7H16O2Si. The summed E-state index contributed by atoms with van der Waals surface area (Å²) in [4.78, 5) is 0. The van der Waals surface area contributed by atoms with Crippen LogP contribution in [0, 0.1) is 0 Å². The lowest BCUT2D eigenvalue weighted by atomic mass is 10.6. The van der Waals surface area contributed by atoms with Crippen molar-refractivity contribution in [3.05, 3.63) is 0 Å². The molecule has 1 saturated heterocycles. The zero-order chi connectivity index (χ0) is 7.61. The van der Waals surface area contributed by atoms with Gasteiger partial charge < -0.3 is 9.16 Å². The van der Waals surface area contributed by atoms with Gasteiger partial charge in [-0.15, -0.1) is 0 Å². The average Bonchev–Trinajstić information content (AvgIpc) is 2.48. The van der Waals surface area contributed by atoms with Gasteiger partial charge in [-0.25, -0.2) is 0 Å². The van der Waals surface area contributed by atoms with Gasteiger partial charge in [0.2, 0.25) is 0 Å². The summed E-state index contributed by atoms with van der Waals surface area (Å²) in [6, 6.07) is 1.24. The predicted molar refractivity (Wildman–Crippen MR) is 43.4 cm³/mol. The second-order valence-corrected chi connectivity index (χ2v) is 7.65. The third-order valence-electron chi connectivity index (χ3n) is 1.61. The minimum atomic E-state index is -1.33. The van der Waals surface area contributed by atoms with Gasteiger partial charge in [-0.2, -0.15) is 0 Å². The van der Waals surface area contributed by atoms with Crippen molar-refractivity contribution in [1.82, 2.24) is 0 Å². The highest BCUT2D eigenvalue weighted by Gasteiger charge is 2.32. The van der Waals surface area contributed by atoms with E-state index in [4.69, 9.17) is 9.16 Å². The van der Waals surface area contributed by atoms with Crippen molar-refractivity contribution in [3.8, 4) is 0 Å². The van der Waals surface area contributed by atoms with E-state index in [1.54, 1.807) is 0 Å². The van der Waals surface area contributed by atoms with Crippen LogP contribution in [0.3, 0.4) is 0 Å². The molecule has 0 amide bonds. The first-order valence-electron chi connectivity index (χ1n) is 3.93. The molecule has 10 heavy (non-hydrogen) atoms. The Balaban J connectivity index is 2.19. The highest BCUT2D eigenvalue weighted by molar-refractivity contribution is 6.71. The summed E-state index contributed by atoms with van der Waals surface area (Å²) in [6.07, 6.45) is 1.39. The van der Waals surface area contributed by atoms with Crippen LogP contribution in [0.1, 0.15) is 13.3 Å². The fourth-order valence-electron chi connectivity index (χ4n) is 1.12. The van der Waals surface area contributed by atoms with Crippen LogP contribution in [0.4, 0.5) is 0 Å². The minimum absolute atomic E-state index is 0.160. The van der Waals surface area contributed by atoms with Crippen LogP contribution in [-0.4, -0.2) is 21.2 Å². The van der Waals surface area contributed by atoms with E-state index in [2.05, 4.69) is 20.0 Å². The summed E-state index contributed by atoms with van der Waals surface area (Å²) >= 11 is 0. The summed E-state index contributed by atoms with van der Waals surface area (Å²) < 4.78 is 10.7. The number of rotatable bonds is 4. The summed E-state index contributed by atoms with van der Waals surface area (Å²) in [5.41, 5.74) is 0. The smallest absolute Gasteiger partial charge is 0.190 e. The van der Waals surface area contributed by atoms with Gasteiger partial charge in [0.25, 0.3) is 0 Å². The largest absolute Gasteiger partial charge is 0.391 e. The van der Waals surface area contributed by atoms with Gasteiger partial charge in [0.05, 0.1) is 6.61 Å². The Morgan fingerprint density at radius 3 is 2.60 bits per heavy atom. The van der Waals surface area contributed by atoms with Crippen LogP contribution >= 0.6 is 0 Å². The molecule has 1 rings (SSSR count). The lowest BCUT2D eigenvalue weighted by molar-refractivity contribution is 0.170. The highest BCUT2D eigenvalue weighted by Crippen LogP contribution is 2.21. The average molecular weight is 160 g/mol. The molecule has 1 heterocycles. The molecule has 0 aliphatic carbocycles. The molecule has 0 aromatic carbocycles. The van der Waals surface area contributed by atoms with Gasteiger partial charge in [0.15, 0.2) is 14.6 Å². The van der Waals surface area contributed by atoms with E-state index >= 15 is 0 Å². The van der Waals surface area contributed by atoms with Crippen LogP contribution in [-0.2, 0) is 9.16 Å². The summed E-state index contributed by atoms with van der Waals surface area (Å²) in [7, 11) is -1.33. The number of hydrogen-bond acceptors (Lipinski definition) is 2. The zero-order valence-electron chi connectivity index (χ0n) is 7.02. The van der Waals surface area contributed by atoms with Crippen LogP contribution in [0.15, 0.2) is 0 Å². The molecular weight excluding hydrogens is 144 g/mol. The topological polar surface area (TPSA) is 21.8 Å². The molecule has 0 aromatic heterocycles. The number of epoxide rings is 1. The third kappa shape index (κ3) is 2.81. The van der Waals surface area contributed by atoms with Gasteiger partial charge in [-0.05, 0) is 19.1 Å². The normalized spacial score (nSPS) is 24.9. The SMILES string of the molecule is CCC[Si](C)(C)OC1CO1. The molecule has 3 heteroatoms. The molecule has 1 aliphatic heterocycles. The third-order valence-corrected chi connectivity index (χ3v) is 4.21. The van der Waals surface area contributed by atoms with Crippen molar-refractivity contribution >= 4 is 8.32 Å². The molecule has 0 spiro atoms. The molecule has 1 fully saturated rings. The Kier molecular flexibility index (Phi) is 2.49. The molecule has 2 nitrogen and oxygen atoms in total. The van der Waals surface area contributed by atoms with E-state index in [0.717, 1.165) is 6.61 Å². The Hall–Kier alpha value is 0.137. The van der Waals surface area contributed by atoms with Crippen molar-refractivity contribution < 1.29 is 9.16 Å². The Labute approximate surface area is 63.7 Å².